The average molecular weight is 175 g/mol. The van der Waals surface area contributed by atoms with E-state index in [1.165, 1.54) is 11.1 Å². The predicted octanol–water partition coefficient (Wildman–Crippen LogP) is 1.77. The van der Waals surface area contributed by atoms with Crippen LogP contribution in [0.2, 0.25) is 0 Å². The van der Waals surface area contributed by atoms with Gasteiger partial charge in [-0.05, 0) is 31.0 Å². The molecule has 1 heterocycles. The van der Waals surface area contributed by atoms with Crippen LogP contribution >= 0.6 is 0 Å². The predicted molar refractivity (Wildman–Crippen MR) is 54.6 cm³/mol. The molecule has 0 bridgehead atoms. The number of hydrogen-bond acceptors (Lipinski definition) is 2. The first-order valence-electron chi connectivity index (χ1n) is 4.29. The van der Waals surface area contributed by atoms with Crippen molar-refractivity contribution in [2.24, 2.45) is 7.05 Å². The summed E-state index contributed by atoms with van der Waals surface area (Å²) < 4.78 is 1.93. The van der Waals surface area contributed by atoms with Gasteiger partial charge in [0, 0.05) is 7.05 Å². The minimum atomic E-state index is 0.573. The van der Waals surface area contributed by atoms with Crippen molar-refractivity contribution in [3.63, 3.8) is 0 Å². The first kappa shape index (κ1) is 8.10. The highest BCUT2D eigenvalue weighted by Gasteiger charge is 2.07. The SMILES string of the molecule is Cc1ccc2nc(N)n(C)c2c1C. The van der Waals surface area contributed by atoms with Gasteiger partial charge < -0.3 is 10.3 Å². The Hall–Kier alpha value is -1.51. The summed E-state index contributed by atoms with van der Waals surface area (Å²) in [6.45, 7) is 4.19. The Morgan fingerprint density at radius 3 is 2.69 bits per heavy atom. The van der Waals surface area contributed by atoms with Gasteiger partial charge in [-0.15, -0.1) is 0 Å². The van der Waals surface area contributed by atoms with E-state index in [-0.39, 0.29) is 0 Å². The van der Waals surface area contributed by atoms with Crippen LogP contribution in [0.15, 0.2) is 12.1 Å². The number of aryl methyl sites for hydroxylation is 3. The maximum atomic E-state index is 5.72. The largest absolute Gasteiger partial charge is 0.369 e. The summed E-state index contributed by atoms with van der Waals surface area (Å²) in [6, 6.07) is 4.08. The molecule has 68 valence electrons. The fourth-order valence-electron chi connectivity index (χ4n) is 1.61. The van der Waals surface area contributed by atoms with Crippen LogP contribution in [0.3, 0.4) is 0 Å². The second-order valence-electron chi connectivity index (χ2n) is 3.40. The molecule has 0 spiro atoms. The molecule has 0 unspecified atom stereocenters. The van der Waals surface area contributed by atoms with Crippen molar-refractivity contribution in [3.8, 4) is 0 Å². The van der Waals surface area contributed by atoms with Gasteiger partial charge in [-0.3, -0.25) is 0 Å². The summed E-state index contributed by atoms with van der Waals surface area (Å²) in [6.07, 6.45) is 0. The van der Waals surface area contributed by atoms with Crippen LogP contribution in [0.25, 0.3) is 11.0 Å². The Morgan fingerprint density at radius 1 is 1.31 bits per heavy atom. The van der Waals surface area contributed by atoms with Crippen molar-refractivity contribution in [1.82, 2.24) is 9.55 Å². The third kappa shape index (κ3) is 1.00. The average Bonchev–Trinajstić information content (AvgIpc) is 2.37. The number of rotatable bonds is 0. The number of fused-ring (bicyclic) bond motifs is 1. The quantitative estimate of drug-likeness (QED) is 0.663. The van der Waals surface area contributed by atoms with Crippen molar-refractivity contribution in [2.75, 3.05) is 5.73 Å². The lowest BCUT2D eigenvalue weighted by Gasteiger charge is -2.03. The lowest BCUT2D eigenvalue weighted by atomic mass is 10.1. The summed E-state index contributed by atoms with van der Waals surface area (Å²) in [7, 11) is 1.94. The van der Waals surface area contributed by atoms with E-state index in [0.717, 1.165) is 11.0 Å². The monoisotopic (exact) mass is 175 g/mol. The molecule has 3 nitrogen and oxygen atoms in total. The zero-order valence-electron chi connectivity index (χ0n) is 8.13. The van der Waals surface area contributed by atoms with E-state index in [2.05, 4.69) is 24.9 Å². The van der Waals surface area contributed by atoms with Crippen LogP contribution < -0.4 is 5.73 Å². The molecule has 2 N–H and O–H groups in total. The summed E-state index contributed by atoms with van der Waals surface area (Å²) in [5.41, 5.74) is 10.4. The molecule has 2 rings (SSSR count). The fourth-order valence-corrected chi connectivity index (χ4v) is 1.61. The molecule has 2 aromatic rings. The van der Waals surface area contributed by atoms with Crippen molar-refractivity contribution in [1.29, 1.82) is 0 Å². The lowest BCUT2D eigenvalue weighted by Crippen LogP contribution is -1.97. The third-order valence-corrected chi connectivity index (χ3v) is 2.59. The Kier molecular flexibility index (Phi) is 1.55. The molecule has 0 radical (unpaired) electrons. The first-order chi connectivity index (χ1) is 6.11. The van der Waals surface area contributed by atoms with E-state index in [1.807, 2.05) is 17.7 Å². The number of benzene rings is 1. The van der Waals surface area contributed by atoms with Crippen molar-refractivity contribution in [3.05, 3.63) is 23.3 Å². The summed E-state index contributed by atoms with van der Waals surface area (Å²) >= 11 is 0. The number of nitrogens with two attached hydrogens (primary N) is 1. The van der Waals surface area contributed by atoms with E-state index in [0.29, 0.717) is 5.95 Å². The number of nitrogens with zero attached hydrogens (tertiary/aromatic N) is 2. The Morgan fingerprint density at radius 2 is 2.00 bits per heavy atom. The minimum absolute atomic E-state index is 0.573. The molecule has 0 aliphatic carbocycles. The fraction of sp³-hybridized carbons (Fsp3) is 0.300. The van der Waals surface area contributed by atoms with E-state index < -0.39 is 0 Å². The van der Waals surface area contributed by atoms with Gasteiger partial charge in [0.05, 0.1) is 11.0 Å². The molecule has 0 saturated carbocycles. The number of hydrogen-bond donors (Lipinski definition) is 1. The van der Waals surface area contributed by atoms with Gasteiger partial charge in [0.1, 0.15) is 0 Å². The van der Waals surface area contributed by atoms with Gasteiger partial charge in [-0.2, -0.15) is 0 Å². The second-order valence-corrected chi connectivity index (χ2v) is 3.40. The van der Waals surface area contributed by atoms with Gasteiger partial charge in [0.25, 0.3) is 0 Å². The zero-order valence-corrected chi connectivity index (χ0v) is 8.13. The molecule has 0 saturated heterocycles. The van der Waals surface area contributed by atoms with E-state index in [4.69, 9.17) is 5.73 Å². The smallest absolute Gasteiger partial charge is 0.200 e. The highest BCUT2D eigenvalue weighted by Crippen LogP contribution is 2.22. The van der Waals surface area contributed by atoms with Crippen LogP contribution in [-0.2, 0) is 7.05 Å². The number of aromatic nitrogens is 2. The highest BCUT2D eigenvalue weighted by molar-refractivity contribution is 5.82. The van der Waals surface area contributed by atoms with Crippen LogP contribution in [0.4, 0.5) is 5.95 Å². The highest BCUT2D eigenvalue weighted by atomic mass is 15.1. The molecule has 1 aromatic carbocycles. The zero-order chi connectivity index (χ0) is 9.59. The maximum Gasteiger partial charge on any atom is 0.200 e. The molecule has 0 atom stereocenters. The lowest BCUT2D eigenvalue weighted by molar-refractivity contribution is 0.960. The maximum absolute atomic E-state index is 5.72. The Bertz CT molecular complexity index is 468. The second kappa shape index (κ2) is 2.49. The number of nitrogen functional groups attached to an aromatic ring is 1. The van der Waals surface area contributed by atoms with E-state index in [9.17, 15) is 0 Å². The first-order valence-corrected chi connectivity index (χ1v) is 4.29. The van der Waals surface area contributed by atoms with Gasteiger partial charge in [-0.1, -0.05) is 6.07 Å². The van der Waals surface area contributed by atoms with E-state index >= 15 is 0 Å². The van der Waals surface area contributed by atoms with Crippen LogP contribution in [-0.4, -0.2) is 9.55 Å². The normalized spacial score (nSPS) is 11.0. The van der Waals surface area contributed by atoms with Gasteiger partial charge >= 0.3 is 0 Å². The third-order valence-electron chi connectivity index (χ3n) is 2.59. The van der Waals surface area contributed by atoms with Crippen molar-refractivity contribution >= 4 is 17.0 Å². The molecule has 1 aromatic heterocycles. The molecule has 0 aliphatic heterocycles. The minimum Gasteiger partial charge on any atom is -0.369 e. The molecule has 0 amide bonds. The van der Waals surface area contributed by atoms with Crippen LogP contribution in [0.5, 0.6) is 0 Å². The molecule has 3 heteroatoms. The topological polar surface area (TPSA) is 43.8 Å². The number of anilines is 1. The van der Waals surface area contributed by atoms with Crippen LogP contribution in [0, 0.1) is 13.8 Å². The number of imidazole rings is 1. The standard InChI is InChI=1S/C10H13N3/c1-6-4-5-8-9(7(6)2)13(3)10(11)12-8/h4-5H,1-3H3,(H2,11,12). The summed E-state index contributed by atoms with van der Waals surface area (Å²) in [4.78, 5) is 4.26. The molecular weight excluding hydrogens is 162 g/mol. The Balaban J connectivity index is 2.97. The summed E-state index contributed by atoms with van der Waals surface area (Å²) in [5, 5.41) is 0. The summed E-state index contributed by atoms with van der Waals surface area (Å²) in [5.74, 6) is 0.573. The Labute approximate surface area is 77.2 Å². The van der Waals surface area contributed by atoms with Gasteiger partial charge in [0.15, 0.2) is 0 Å². The molecule has 0 fully saturated rings. The van der Waals surface area contributed by atoms with Crippen molar-refractivity contribution < 1.29 is 0 Å². The van der Waals surface area contributed by atoms with Gasteiger partial charge in [-0.25, -0.2) is 4.98 Å². The van der Waals surface area contributed by atoms with E-state index in [1.54, 1.807) is 0 Å². The van der Waals surface area contributed by atoms with Gasteiger partial charge in [0.2, 0.25) is 5.95 Å². The molecular formula is C10H13N3. The molecule has 0 aliphatic rings. The molecule has 13 heavy (non-hydrogen) atoms. The van der Waals surface area contributed by atoms with Crippen LogP contribution in [0.1, 0.15) is 11.1 Å². The van der Waals surface area contributed by atoms with Crippen molar-refractivity contribution in [2.45, 2.75) is 13.8 Å².